The monoisotopic (exact) mass is 534 g/mol. The molecule has 1 aliphatic heterocycles. The van der Waals surface area contributed by atoms with Crippen LogP contribution in [0.5, 0.6) is 11.5 Å². The average Bonchev–Trinajstić information content (AvgIpc) is 2.83. The lowest BCUT2D eigenvalue weighted by Gasteiger charge is -2.29. The lowest BCUT2D eigenvalue weighted by atomic mass is 10.0. The minimum Gasteiger partial charge on any atom is -0.493 e. The molecule has 0 saturated carbocycles. The number of nitrogens with one attached hydrogen (secondary N) is 1. The minimum absolute atomic E-state index is 0.113. The van der Waals surface area contributed by atoms with Crippen molar-refractivity contribution in [1.82, 2.24) is 5.32 Å². The van der Waals surface area contributed by atoms with Gasteiger partial charge in [0.2, 0.25) is 0 Å². The van der Waals surface area contributed by atoms with Crippen molar-refractivity contribution >= 4 is 70.1 Å². The standard InChI is InChI=1S/C24H20Cl2N2O6S/c1-4-6-14-9-13(11-18(32-2)21(14)34-12-19(29)33-3)10-15-22(30)27-24(35)28(23(15)31)17-8-5-7-16(25)20(17)26/h4-5,7-11H,1,6,12H2,2-3H3,(H,27,30,35)/b15-10+. The van der Waals surface area contributed by atoms with Crippen LogP contribution in [-0.4, -0.2) is 43.7 Å². The summed E-state index contributed by atoms with van der Waals surface area (Å²) in [5.41, 5.74) is 1.12. The number of carbonyl (C=O) groups excluding carboxylic acids is 3. The van der Waals surface area contributed by atoms with Crippen LogP contribution in [0.15, 0.2) is 48.6 Å². The molecule has 11 heteroatoms. The molecule has 0 atom stereocenters. The maximum Gasteiger partial charge on any atom is 0.343 e. The van der Waals surface area contributed by atoms with E-state index in [9.17, 15) is 14.4 Å². The fourth-order valence-corrected chi connectivity index (χ4v) is 3.94. The van der Waals surface area contributed by atoms with Crippen LogP contribution >= 0.6 is 35.4 Å². The molecule has 3 rings (SSSR count). The van der Waals surface area contributed by atoms with Crippen molar-refractivity contribution in [1.29, 1.82) is 0 Å². The zero-order valence-corrected chi connectivity index (χ0v) is 21.1. The molecule has 8 nitrogen and oxygen atoms in total. The van der Waals surface area contributed by atoms with E-state index in [0.29, 0.717) is 23.3 Å². The van der Waals surface area contributed by atoms with Crippen LogP contribution in [0.4, 0.5) is 5.69 Å². The van der Waals surface area contributed by atoms with Gasteiger partial charge in [-0.05, 0) is 54.5 Å². The molecule has 2 amide bonds. The highest BCUT2D eigenvalue weighted by atomic mass is 35.5. The van der Waals surface area contributed by atoms with E-state index in [-0.39, 0.29) is 38.8 Å². The first-order valence-corrected chi connectivity index (χ1v) is 11.2. The van der Waals surface area contributed by atoms with Gasteiger partial charge in [-0.25, -0.2) is 4.79 Å². The van der Waals surface area contributed by atoms with Crippen molar-refractivity contribution in [2.75, 3.05) is 25.7 Å². The molecule has 0 aromatic heterocycles. The Morgan fingerprint density at radius 2 is 1.97 bits per heavy atom. The second-order valence-electron chi connectivity index (χ2n) is 7.10. The summed E-state index contributed by atoms with van der Waals surface area (Å²) in [6, 6.07) is 7.99. The molecule has 0 spiro atoms. The topological polar surface area (TPSA) is 94.2 Å². The number of carbonyl (C=O) groups is 3. The Kier molecular flexibility index (Phi) is 8.50. The first-order valence-electron chi connectivity index (χ1n) is 10.1. The number of rotatable bonds is 8. The summed E-state index contributed by atoms with van der Waals surface area (Å²) >= 11 is 17.6. The van der Waals surface area contributed by atoms with Gasteiger partial charge in [0.25, 0.3) is 11.8 Å². The number of amides is 2. The third-order valence-electron chi connectivity index (χ3n) is 4.89. The molecule has 0 aliphatic carbocycles. The van der Waals surface area contributed by atoms with Gasteiger partial charge >= 0.3 is 5.97 Å². The normalized spacial score (nSPS) is 14.6. The maximum atomic E-state index is 13.3. The van der Waals surface area contributed by atoms with Crippen LogP contribution in [0.2, 0.25) is 10.0 Å². The van der Waals surface area contributed by atoms with Gasteiger partial charge in [-0.2, -0.15) is 0 Å². The summed E-state index contributed by atoms with van der Waals surface area (Å²) in [5.74, 6) is -1.33. The fraction of sp³-hybridized carbons (Fsp3) is 0.167. The Labute approximate surface area is 217 Å². The molecular formula is C24H20Cl2N2O6S. The molecule has 1 aliphatic rings. The van der Waals surface area contributed by atoms with E-state index in [4.69, 9.17) is 44.9 Å². The van der Waals surface area contributed by atoms with E-state index in [1.807, 2.05) is 0 Å². The Bertz CT molecular complexity index is 1260. The predicted molar refractivity (Wildman–Crippen MR) is 137 cm³/mol. The summed E-state index contributed by atoms with van der Waals surface area (Å²) in [4.78, 5) is 38.7. The Morgan fingerprint density at radius 3 is 2.63 bits per heavy atom. The zero-order chi connectivity index (χ0) is 25.7. The average molecular weight is 535 g/mol. The van der Waals surface area contributed by atoms with Crippen molar-refractivity contribution in [2.24, 2.45) is 0 Å². The number of methoxy groups -OCH3 is 2. The highest BCUT2D eigenvalue weighted by Crippen LogP contribution is 2.36. The number of hydrogen-bond acceptors (Lipinski definition) is 7. The van der Waals surface area contributed by atoms with Crippen LogP contribution < -0.4 is 19.7 Å². The molecule has 0 unspecified atom stereocenters. The highest BCUT2D eigenvalue weighted by Gasteiger charge is 2.35. The van der Waals surface area contributed by atoms with Gasteiger partial charge in [-0.15, -0.1) is 6.58 Å². The smallest absolute Gasteiger partial charge is 0.343 e. The van der Waals surface area contributed by atoms with Gasteiger partial charge in [-0.1, -0.05) is 35.3 Å². The van der Waals surface area contributed by atoms with E-state index in [2.05, 4.69) is 16.6 Å². The van der Waals surface area contributed by atoms with Gasteiger partial charge in [-0.3, -0.25) is 19.8 Å². The van der Waals surface area contributed by atoms with Gasteiger partial charge in [0.05, 0.1) is 30.0 Å². The lowest BCUT2D eigenvalue weighted by Crippen LogP contribution is -2.54. The van der Waals surface area contributed by atoms with E-state index >= 15 is 0 Å². The Morgan fingerprint density at radius 1 is 1.23 bits per heavy atom. The quantitative estimate of drug-likeness (QED) is 0.179. The summed E-state index contributed by atoms with van der Waals surface area (Å²) in [6.07, 6.45) is 3.39. The second-order valence-corrected chi connectivity index (χ2v) is 8.27. The molecular weight excluding hydrogens is 515 g/mol. The molecule has 0 radical (unpaired) electrons. The molecule has 2 aromatic carbocycles. The fourth-order valence-electron chi connectivity index (χ4n) is 3.29. The molecule has 0 bridgehead atoms. The first-order chi connectivity index (χ1) is 16.7. The number of esters is 1. The lowest BCUT2D eigenvalue weighted by molar-refractivity contribution is -0.143. The van der Waals surface area contributed by atoms with Crippen molar-refractivity contribution in [3.63, 3.8) is 0 Å². The van der Waals surface area contributed by atoms with E-state index in [1.165, 1.54) is 20.3 Å². The SMILES string of the molecule is C=CCc1cc(/C=C2\C(=O)NC(=S)N(c3cccc(Cl)c3Cl)C2=O)cc(OC)c1OCC(=O)OC. The minimum atomic E-state index is -0.682. The van der Waals surface area contributed by atoms with Crippen molar-refractivity contribution in [3.05, 3.63) is 69.7 Å². The summed E-state index contributed by atoms with van der Waals surface area (Å²) in [5, 5.41) is 2.71. The maximum absolute atomic E-state index is 13.3. The van der Waals surface area contributed by atoms with Crippen LogP contribution in [0, 0.1) is 0 Å². The summed E-state index contributed by atoms with van der Waals surface area (Å²) < 4.78 is 15.6. The molecule has 1 fully saturated rings. The van der Waals surface area contributed by atoms with Crippen LogP contribution in [0.3, 0.4) is 0 Å². The van der Waals surface area contributed by atoms with Crippen LogP contribution in [0.1, 0.15) is 11.1 Å². The molecule has 1 saturated heterocycles. The van der Waals surface area contributed by atoms with Crippen LogP contribution in [-0.2, 0) is 25.5 Å². The Hall–Kier alpha value is -3.40. The number of benzene rings is 2. The largest absolute Gasteiger partial charge is 0.493 e. The first kappa shape index (κ1) is 26.2. The van der Waals surface area contributed by atoms with E-state index < -0.39 is 17.8 Å². The van der Waals surface area contributed by atoms with Crippen molar-refractivity contribution in [2.45, 2.75) is 6.42 Å². The summed E-state index contributed by atoms with van der Waals surface area (Å²) in [6.45, 7) is 3.41. The second kappa shape index (κ2) is 11.4. The molecule has 182 valence electrons. The molecule has 2 aromatic rings. The number of nitrogens with zero attached hydrogens (tertiary/aromatic N) is 1. The van der Waals surface area contributed by atoms with Gasteiger partial charge in [0, 0.05) is 5.56 Å². The zero-order valence-electron chi connectivity index (χ0n) is 18.7. The van der Waals surface area contributed by atoms with E-state index in [0.717, 1.165) is 4.90 Å². The molecule has 35 heavy (non-hydrogen) atoms. The van der Waals surface area contributed by atoms with Crippen molar-refractivity contribution < 1.29 is 28.6 Å². The van der Waals surface area contributed by atoms with Crippen LogP contribution in [0.25, 0.3) is 6.08 Å². The highest BCUT2D eigenvalue weighted by molar-refractivity contribution is 7.80. The van der Waals surface area contributed by atoms with E-state index in [1.54, 1.807) is 36.4 Å². The predicted octanol–water partition coefficient (Wildman–Crippen LogP) is 4.11. The third kappa shape index (κ3) is 5.64. The van der Waals surface area contributed by atoms with Gasteiger partial charge in [0.15, 0.2) is 23.2 Å². The number of ether oxygens (including phenoxy) is 3. The Balaban J connectivity index is 2.06. The third-order valence-corrected chi connectivity index (χ3v) is 5.98. The number of hydrogen-bond donors (Lipinski definition) is 1. The number of anilines is 1. The van der Waals surface area contributed by atoms with Crippen molar-refractivity contribution in [3.8, 4) is 11.5 Å². The number of thiocarbonyl (C=S) groups is 1. The molecule has 1 N–H and O–H groups in total. The molecule has 1 heterocycles. The number of allylic oxidation sites excluding steroid dienone is 1. The van der Waals surface area contributed by atoms with Gasteiger partial charge in [0.1, 0.15) is 5.57 Å². The summed E-state index contributed by atoms with van der Waals surface area (Å²) in [7, 11) is 2.68. The van der Waals surface area contributed by atoms with Gasteiger partial charge < -0.3 is 14.2 Å². The number of halogens is 2.